The van der Waals surface area contributed by atoms with Gasteiger partial charge < -0.3 is 9.64 Å². The second-order valence-electron chi connectivity index (χ2n) is 4.15. The van der Waals surface area contributed by atoms with E-state index in [9.17, 15) is 4.79 Å². The number of hydrogen-bond acceptors (Lipinski definition) is 5. The van der Waals surface area contributed by atoms with Crippen molar-refractivity contribution < 1.29 is 9.53 Å². The lowest BCUT2D eigenvalue weighted by Gasteiger charge is -2.19. The van der Waals surface area contributed by atoms with Crippen LogP contribution in [0.3, 0.4) is 0 Å². The van der Waals surface area contributed by atoms with Crippen LogP contribution < -0.4 is 4.90 Å². The molecule has 2 heterocycles. The zero-order valence-electron chi connectivity index (χ0n) is 10.5. The molecule has 0 spiro atoms. The van der Waals surface area contributed by atoms with Gasteiger partial charge in [-0.1, -0.05) is 18.2 Å². The van der Waals surface area contributed by atoms with Crippen molar-refractivity contribution in [3.63, 3.8) is 0 Å². The molecular weight excluding hydrogens is 242 g/mol. The molecule has 0 N–H and O–H groups in total. The molecule has 2 aliphatic heterocycles. The zero-order chi connectivity index (χ0) is 13.2. The van der Waals surface area contributed by atoms with E-state index in [0.29, 0.717) is 24.7 Å². The van der Waals surface area contributed by atoms with Crippen LogP contribution >= 0.6 is 0 Å². The van der Waals surface area contributed by atoms with Crippen LogP contribution in [0.4, 0.5) is 5.69 Å². The number of para-hydroxylation sites is 1. The number of carbonyl (C=O) groups excluding carboxylic acids is 1. The molecule has 0 amide bonds. The Morgan fingerprint density at radius 3 is 3.11 bits per heavy atom. The number of anilines is 1. The summed E-state index contributed by atoms with van der Waals surface area (Å²) >= 11 is 0. The monoisotopic (exact) mass is 255 g/mol. The maximum atomic E-state index is 11.9. The van der Waals surface area contributed by atoms with Crippen LogP contribution in [0.1, 0.15) is 12.5 Å². The van der Waals surface area contributed by atoms with Crippen molar-refractivity contribution in [3.05, 3.63) is 41.7 Å². The Morgan fingerprint density at radius 2 is 2.26 bits per heavy atom. The van der Waals surface area contributed by atoms with Crippen LogP contribution in [0.2, 0.25) is 0 Å². The fraction of sp³-hybridized carbons (Fsp3) is 0.214. The smallest absolute Gasteiger partial charge is 0.358 e. The van der Waals surface area contributed by atoms with E-state index in [1.165, 1.54) is 0 Å². The molecule has 0 fully saturated rings. The highest BCUT2D eigenvalue weighted by Crippen LogP contribution is 2.29. The highest BCUT2D eigenvalue weighted by atomic mass is 16.5. The van der Waals surface area contributed by atoms with Crippen molar-refractivity contribution in [1.82, 2.24) is 0 Å². The predicted molar refractivity (Wildman–Crippen MR) is 73.5 cm³/mol. The number of ether oxygens (including phenoxy) is 1. The second kappa shape index (κ2) is 4.68. The van der Waals surface area contributed by atoms with Gasteiger partial charge in [-0.25, -0.2) is 4.79 Å². The van der Waals surface area contributed by atoms with Gasteiger partial charge in [0.1, 0.15) is 6.67 Å². The number of carbonyl (C=O) groups is 1. The molecule has 1 aromatic rings. The van der Waals surface area contributed by atoms with Gasteiger partial charge in [-0.15, -0.1) is 0 Å². The number of aliphatic imine (C=N–C) groups is 2. The molecule has 0 saturated carbocycles. The molecule has 0 saturated heterocycles. The van der Waals surface area contributed by atoms with Crippen molar-refractivity contribution in [2.45, 2.75) is 6.92 Å². The van der Waals surface area contributed by atoms with Gasteiger partial charge in [-0.3, -0.25) is 9.98 Å². The molecule has 3 rings (SSSR count). The third kappa shape index (κ3) is 1.93. The van der Waals surface area contributed by atoms with Gasteiger partial charge in [0.05, 0.1) is 24.2 Å². The Hall–Kier alpha value is -2.43. The van der Waals surface area contributed by atoms with Crippen LogP contribution in [0.25, 0.3) is 0 Å². The molecule has 0 bridgehead atoms. The minimum atomic E-state index is -0.397. The number of benzene rings is 1. The Labute approximate surface area is 110 Å². The normalized spacial score (nSPS) is 16.2. The van der Waals surface area contributed by atoms with Gasteiger partial charge in [-0.05, 0) is 13.0 Å². The Balaban J connectivity index is 1.98. The minimum Gasteiger partial charge on any atom is -0.461 e. The summed E-state index contributed by atoms with van der Waals surface area (Å²) in [4.78, 5) is 22.3. The fourth-order valence-corrected chi connectivity index (χ4v) is 2.16. The van der Waals surface area contributed by atoms with Gasteiger partial charge in [0, 0.05) is 11.8 Å². The van der Waals surface area contributed by atoms with Gasteiger partial charge in [-0.2, -0.15) is 0 Å². The number of hydrogen-bond donors (Lipinski definition) is 0. The topological polar surface area (TPSA) is 54.3 Å². The van der Waals surface area contributed by atoms with Gasteiger partial charge >= 0.3 is 5.97 Å². The van der Waals surface area contributed by atoms with E-state index in [4.69, 9.17) is 4.74 Å². The Kier molecular flexibility index (Phi) is 2.87. The Bertz CT molecular complexity index is 617. The minimum absolute atomic E-state index is 0.338. The standard InChI is InChI=1S/C14H13N3O2/c1-2-19-14(18)13-12-8-15-7-10-5-3-4-6-11(10)17(12)9-16-13/h3-8H,2,9H2,1H3. The first kappa shape index (κ1) is 11.6. The van der Waals surface area contributed by atoms with E-state index < -0.39 is 5.97 Å². The molecule has 0 aromatic heterocycles. The lowest BCUT2D eigenvalue weighted by Crippen LogP contribution is -2.25. The molecule has 19 heavy (non-hydrogen) atoms. The average molecular weight is 255 g/mol. The van der Waals surface area contributed by atoms with Gasteiger partial charge in [0.15, 0.2) is 5.71 Å². The maximum absolute atomic E-state index is 11.9. The van der Waals surface area contributed by atoms with Crippen LogP contribution in [0.15, 0.2) is 46.1 Å². The number of fused-ring (bicyclic) bond motifs is 3. The molecule has 2 aliphatic rings. The molecule has 5 heteroatoms. The quantitative estimate of drug-likeness (QED) is 0.756. The van der Waals surface area contributed by atoms with Gasteiger partial charge in [0.25, 0.3) is 0 Å². The first-order valence-electron chi connectivity index (χ1n) is 6.13. The van der Waals surface area contributed by atoms with E-state index in [0.717, 1.165) is 11.3 Å². The van der Waals surface area contributed by atoms with Gasteiger partial charge in [0.2, 0.25) is 0 Å². The molecule has 0 radical (unpaired) electrons. The van der Waals surface area contributed by atoms with Crippen molar-refractivity contribution in [1.29, 1.82) is 0 Å². The van der Waals surface area contributed by atoms with E-state index in [1.54, 1.807) is 19.3 Å². The van der Waals surface area contributed by atoms with Crippen LogP contribution in [0.5, 0.6) is 0 Å². The summed E-state index contributed by atoms with van der Waals surface area (Å²) in [6.07, 6.45) is 3.44. The summed E-state index contributed by atoms with van der Waals surface area (Å²) in [6, 6.07) is 7.89. The molecule has 5 nitrogen and oxygen atoms in total. The van der Waals surface area contributed by atoms with E-state index >= 15 is 0 Å². The summed E-state index contributed by atoms with van der Waals surface area (Å²) in [5.74, 6) is -0.397. The van der Waals surface area contributed by atoms with E-state index in [2.05, 4.69) is 9.98 Å². The summed E-state index contributed by atoms with van der Waals surface area (Å²) < 4.78 is 5.01. The third-order valence-corrected chi connectivity index (χ3v) is 3.01. The first-order chi connectivity index (χ1) is 9.31. The van der Waals surface area contributed by atoms with Crippen molar-refractivity contribution in [3.8, 4) is 0 Å². The van der Waals surface area contributed by atoms with Crippen molar-refractivity contribution in [2.75, 3.05) is 18.2 Å². The molecule has 0 aliphatic carbocycles. The summed E-state index contributed by atoms with van der Waals surface area (Å²) in [5, 5.41) is 0. The fourth-order valence-electron chi connectivity index (χ4n) is 2.16. The number of rotatable bonds is 2. The average Bonchev–Trinajstić information content (AvgIpc) is 2.75. The number of esters is 1. The van der Waals surface area contributed by atoms with Crippen LogP contribution in [0, 0.1) is 0 Å². The maximum Gasteiger partial charge on any atom is 0.358 e. The lowest BCUT2D eigenvalue weighted by molar-refractivity contribution is -0.134. The lowest BCUT2D eigenvalue weighted by atomic mass is 10.1. The predicted octanol–water partition coefficient (Wildman–Crippen LogP) is 1.74. The largest absolute Gasteiger partial charge is 0.461 e. The molecular formula is C14H13N3O2. The Morgan fingerprint density at radius 1 is 1.42 bits per heavy atom. The molecule has 0 atom stereocenters. The highest BCUT2D eigenvalue weighted by Gasteiger charge is 2.30. The SMILES string of the molecule is CCOC(=O)C1=NCN2C1=CN=Cc1ccccc12. The third-order valence-electron chi connectivity index (χ3n) is 3.01. The van der Waals surface area contributed by atoms with Crippen molar-refractivity contribution >= 4 is 23.6 Å². The number of nitrogens with zero attached hydrogens (tertiary/aromatic N) is 3. The summed E-state index contributed by atoms with van der Waals surface area (Å²) in [6.45, 7) is 2.53. The summed E-state index contributed by atoms with van der Waals surface area (Å²) in [7, 11) is 0. The van der Waals surface area contributed by atoms with Crippen LogP contribution in [-0.2, 0) is 9.53 Å². The molecule has 1 aromatic carbocycles. The van der Waals surface area contributed by atoms with E-state index in [1.807, 2.05) is 29.2 Å². The highest BCUT2D eigenvalue weighted by molar-refractivity contribution is 6.44. The van der Waals surface area contributed by atoms with Crippen LogP contribution in [-0.4, -0.2) is 31.2 Å². The first-order valence-corrected chi connectivity index (χ1v) is 6.13. The second-order valence-corrected chi connectivity index (χ2v) is 4.15. The van der Waals surface area contributed by atoms with E-state index in [-0.39, 0.29) is 0 Å². The zero-order valence-corrected chi connectivity index (χ0v) is 10.5. The molecule has 96 valence electrons. The summed E-state index contributed by atoms with van der Waals surface area (Å²) in [5.41, 5.74) is 3.04. The van der Waals surface area contributed by atoms with Crippen molar-refractivity contribution in [2.24, 2.45) is 9.98 Å². The molecule has 0 unspecified atom stereocenters.